The van der Waals surface area contributed by atoms with Gasteiger partial charge in [0.05, 0.1) is 0 Å². The van der Waals surface area contributed by atoms with Gasteiger partial charge in [-0.25, -0.2) is 22.4 Å². The van der Waals surface area contributed by atoms with E-state index in [0.29, 0.717) is 0 Å². The Kier molecular flexibility index (Phi) is 3.58. The summed E-state index contributed by atoms with van der Waals surface area (Å²) < 4.78 is 96.1. The molecule has 1 aliphatic rings. The highest BCUT2D eigenvalue weighted by atomic mass is 31.2. The van der Waals surface area contributed by atoms with Gasteiger partial charge in [0.2, 0.25) is 6.17 Å². The summed E-state index contributed by atoms with van der Waals surface area (Å²) in [5, 5.41) is 0. The number of halogens is 6. The summed E-state index contributed by atoms with van der Waals surface area (Å²) in [5.41, 5.74) is 0. The molecule has 0 aromatic heterocycles. The van der Waals surface area contributed by atoms with E-state index in [2.05, 4.69) is 9.05 Å². The predicted molar refractivity (Wildman–Crippen MR) is 45.5 cm³/mol. The van der Waals surface area contributed by atoms with E-state index in [-0.39, 0.29) is 0 Å². The molecule has 1 saturated heterocycles. The average Bonchev–Trinajstić information content (AvgIpc) is 2.14. The minimum Gasteiger partial charge on any atom is -0.302 e. The van der Waals surface area contributed by atoms with E-state index < -0.39 is 37.8 Å². The van der Waals surface area contributed by atoms with Crippen molar-refractivity contribution in [3.8, 4) is 0 Å². The minimum absolute atomic E-state index is 0.812. The molecule has 3 atom stereocenters. The van der Waals surface area contributed by atoms with E-state index in [4.69, 9.17) is 4.89 Å². The molecule has 108 valence electrons. The van der Waals surface area contributed by atoms with Crippen molar-refractivity contribution in [3.63, 3.8) is 0 Å². The second-order valence-electron chi connectivity index (χ2n) is 4.01. The van der Waals surface area contributed by atoms with Crippen LogP contribution in [-0.2, 0) is 13.6 Å². The normalized spacial score (nSPS) is 43.8. The first-order chi connectivity index (χ1) is 7.76. The average molecular weight is 302 g/mol. The predicted octanol–water partition coefficient (Wildman–Crippen LogP) is 3.02. The molecule has 0 aromatic carbocycles. The molecule has 18 heavy (non-hydrogen) atoms. The molecular weight excluding hydrogens is 293 g/mol. The van der Waals surface area contributed by atoms with Crippen LogP contribution in [0, 0.1) is 5.92 Å². The fraction of sp³-hybridized carbons (Fsp3) is 1.00. The van der Waals surface area contributed by atoms with Gasteiger partial charge in [0, 0.05) is 5.92 Å². The summed E-state index contributed by atoms with van der Waals surface area (Å²) in [6.07, 6.45) is -9.86. The third-order valence-corrected chi connectivity index (χ3v) is 3.30. The van der Waals surface area contributed by atoms with Gasteiger partial charge in [-0.15, -0.1) is 0 Å². The molecule has 1 fully saturated rings. The monoisotopic (exact) mass is 302 g/mol. The van der Waals surface area contributed by atoms with E-state index in [0.717, 1.165) is 13.8 Å². The van der Waals surface area contributed by atoms with Crippen LogP contribution in [0.25, 0.3) is 0 Å². The maximum Gasteiger partial charge on any atom is 0.480 e. The minimum atomic E-state index is -5.89. The fourth-order valence-corrected chi connectivity index (χ4v) is 2.35. The maximum absolute atomic E-state index is 13.9. The lowest BCUT2D eigenvalue weighted by Gasteiger charge is -2.32. The molecule has 1 heterocycles. The number of alkyl halides is 6. The van der Waals surface area contributed by atoms with Gasteiger partial charge < -0.3 is 4.89 Å². The molecule has 0 amide bonds. The largest absolute Gasteiger partial charge is 0.480 e. The van der Waals surface area contributed by atoms with Gasteiger partial charge in [-0.3, -0.25) is 0 Å². The van der Waals surface area contributed by atoms with Gasteiger partial charge in [-0.05, 0) is 0 Å². The van der Waals surface area contributed by atoms with Crippen LogP contribution < -0.4 is 0 Å². The molecule has 0 aromatic rings. The lowest BCUT2D eigenvalue weighted by atomic mass is 9.95. The first kappa shape index (κ1) is 15.7. The Labute approximate surface area is 97.5 Å². The molecule has 3 unspecified atom stereocenters. The van der Waals surface area contributed by atoms with Crippen LogP contribution >= 0.6 is 7.82 Å². The quantitative estimate of drug-likeness (QED) is 0.597. The van der Waals surface area contributed by atoms with Crippen molar-refractivity contribution in [2.45, 2.75) is 37.9 Å². The molecule has 1 aliphatic heterocycles. The zero-order valence-corrected chi connectivity index (χ0v) is 9.94. The van der Waals surface area contributed by atoms with Crippen LogP contribution in [0.15, 0.2) is 0 Å². The lowest BCUT2D eigenvalue weighted by molar-refractivity contribution is -0.339. The molecular formula is C7H9F6O4P. The van der Waals surface area contributed by atoms with Crippen LogP contribution in [0.2, 0.25) is 0 Å². The zero-order valence-electron chi connectivity index (χ0n) is 9.04. The van der Waals surface area contributed by atoms with Crippen molar-refractivity contribution in [2.24, 2.45) is 5.92 Å². The second kappa shape index (κ2) is 4.09. The Hall–Kier alpha value is -0.310. The van der Waals surface area contributed by atoms with Crippen LogP contribution in [0.1, 0.15) is 13.8 Å². The molecule has 0 saturated carbocycles. The molecule has 11 heteroatoms. The highest BCUT2D eigenvalue weighted by Crippen LogP contribution is 2.62. The molecule has 0 aliphatic carbocycles. The van der Waals surface area contributed by atoms with E-state index in [1.165, 1.54) is 0 Å². The summed E-state index contributed by atoms with van der Waals surface area (Å²) in [4.78, 5) is 8.72. The third-order valence-electron chi connectivity index (χ3n) is 2.32. The van der Waals surface area contributed by atoms with E-state index in [9.17, 15) is 30.9 Å². The Morgan fingerprint density at radius 1 is 1.17 bits per heavy atom. The van der Waals surface area contributed by atoms with Crippen molar-refractivity contribution in [1.29, 1.82) is 0 Å². The van der Waals surface area contributed by atoms with Gasteiger partial charge >= 0.3 is 19.9 Å². The van der Waals surface area contributed by atoms with E-state index >= 15 is 0 Å². The summed E-state index contributed by atoms with van der Waals surface area (Å²) in [6, 6.07) is 0. The zero-order chi connectivity index (χ0) is 14.6. The standard InChI is InChI=1S/C7H9F6O4P/c1-3(2)5(9)4(8)6(10,11)7(12,13)17-18(14,15)16-5/h3-4H,1-2H3,(H,14,15). The van der Waals surface area contributed by atoms with Crippen molar-refractivity contribution in [2.75, 3.05) is 0 Å². The number of hydrogen-bond donors (Lipinski definition) is 1. The number of phosphoric ester groups is 1. The number of rotatable bonds is 1. The summed E-state index contributed by atoms with van der Waals surface area (Å²) in [7, 11) is -5.89. The summed E-state index contributed by atoms with van der Waals surface area (Å²) >= 11 is 0. The highest BCUT2D eigenvalue weighted by molar-refractivity contribution is 7.47. The SMILES string of the molecule is CC(C)C1(F)OP(=O)(O)OC(F)(F)C(F)(F)C1F. The fourth-order valence-electron chi connectivity index (χ4n) is 1.24. The van der Waals surface area contributed by atoms with Crippen LogP contribution in [0.4, 0.5) is 26.3 Å². The number of hydrogen-bond acceptors (Lipinski definition) is 3. The summed E-state index contributed by atoms with van der Waals surface area (Å²) in [6.45, 7) is 1.62. The Morgan fingerprint density at radius 3 is 2.00 bits per heavy atom. The Morgan fingerprint density at radius 2 is 1.61 bits per heavy atom. The van der Waals surface area contributed by atoms with Crippen LogP contribution in [0.3, 0.4) is 0 Å². The first-order valence-corrected chi connectivity index (χ1v) is 6.09. The third kappa shape index (κ3) is 2.26. The van der Waals surface area contributed by atoms with Crippen molar-refractivity contribution >= 4 is 7.82 Å². The maximum atomic E-state index is 13.9. The van der Waals surface area contributed by atoms with Gasteiger partial charge in [-0.2, -0.15) is 17.6 Å². The second-order valence-corrected chi connectivity index (χ2v) is 5.31. The van der Waals surface area contributed by atoms with Gasteiger partial charge in [-0.1, -0.05) is 13.8 Å². The van der Waals surface area contributed by atoms with Gasteiger partial charge in [0.25, 0.3) is 5.85 Å². The van der Waals surface area contributed by atoms with Crippen molar-refractivity contribution in [3.05, 3.63) is 0 Å². The lowest BCUT2D eigenvalue weighted by Crippen LogP contribution is -2.56. The molecule has 0 spiro atoms. The van der Waals surface area contributed by atoms with Gasteiger partial charge in [0.1, 0.15) is 0 Å². The Bertz CT molecular complexity index is 388. The molecule has 4 nitrogen and oxygen atoms in total. The smallest absolute Gasteiger partial charge is 0.302 e. The van der Waals surface area contributed by atoms with Gasteiger partial charge in [0.15, 0.2) is 0 Å². The van der Waals surface area contributed by atoms with Crippen LogP contribution in [0.5, 0.6) is 0 Å². The van der Waals surface area contributed by atoms with E-state index in [1.54, 1.807) is 0 Å². The molecule has 0 bridgehead atoms. The van der Waals surface area contributed by atoms with Crippen LogP contribution in [-0.4, -0.2) is 29.0 Å². The molecule has 1 rings (SSSR count). The van der Waals surface area contributed by atoms with Crippen molar-refractivity contribution in [1.82, 2.24) is 0 Å². The van der Waals surface area contributed by atoms with E-state index in [1.807, 2.05) is 0 Å². The Balaban J connectivity index is 3.41. The topological polar surface area (TPSA) is 55.8 Å². The van der Waals surface area contributed by atoms with Crippen molar-refractivity contribution < 1.29 is 44.8 Å². The first-order valence-electron chi connectivity index (χ1n) is 4.59. The molecule has 1 N–H and O–H groups in total. The molecule has 0 radical (unpaired) electrons. The number of phosphoric acid groups is 1. The summed E-state index contributed by atoms with van der Waals surface area (Å²) in [5.74, 6) is -11.5. The highest BCUT2D eigenvalue weighted by Gasteiger charge is 2.76.